The minimum absolute atomic E-state index is 0.0883. The maximum Gasteiger partial charge on any atom is 0.222 e. The molecule has 10 heteroatoms. The summed E-state index contributed by atoms with van der Waals surface area (Å²) >= 11 is 1.34. The Hall–Kier alpha value is -3.45. The number of piperidine rings is 1. The Balaban J connectivity index is 1.34. The lowest BCUT2D eigenvalue weighted by Gasteiger charge is -2.32. The van der Waals surface area contributed by atoms with E-state index in [-0.39, 0.29) is 17.2 Å². The quantitative estimate of drug-likeness (QED) is 0.545. The molecular formula is C25H27N7O2S. The van der Waals surface area contributed by atoms with Gasteiger partial charge in [-0.3, -0.25) is 15.0 Å². The van der Waals surface area contributed by atoms with Crippen molar-refractivity contribution in [3.63, 3.8) is 0 Å². The molecule has 1 amide bonds. The van der Waals surface area contributed by atoms with Gasteiger partial charge in [-0.05, 0) is 49.3 Å². The molecule has 0 spiro atoms. The average Bonchev–Trinajstić information content (AvgIpc) is 3.47. The van der Waals surface area contributed by atoms with Crippen LogP contribution in [0.4, 0.5) is 0 Å². The second-order valence-electron chi connectivity index (χ2n) is 9.14. The molecule has 1 aliphatic heterocycles. The molecule has 5 rings (SSSR count). The number of fused-ring (bicyclic) bond motifs is 2. The fraction of sp³-hybridized carbons (Fsp3) is 0.440. The number of likely N-dealkylation sites (tertiary alicyclic amines) is 1. The number of H-pyrrole nitrogens is 1. The average molecular weight is 490 g/mol. The maximum atomic E-state index is 12.0. The molecule has 180 valence electrons. The Kier molecular flexibility index (Phi) is 6.43. The van der Waals surface area contributed by atoms with E-state index in [0.717, 1.165) is 49.4 Å². The molecule has 2 aromatic heterocycles. The minimum Gasteiger partial charge on any atom is -0.343 e. The number of hydrogen-bond acceptors (Lipinski definition) is 7. The standard InChI is InChI=1S/C25H27N7O2S/c1-2-21(34)31-8-5-15(6-9-31)7-10-32-14-28-23(27)22-24(32)30-25(29-22)35-20-12-16-3-4-19(33)18(16)11-17(20)13-26/h11-12,14-15,27H,2-10H2,1H3,(H,29,30). The fourth-order valence-corrected chi connectivity index (χ4v) is 5.85. The van der Waals surface area contributed by atoms with Gasteiger partial charge in [-0.2, -0.15) is 5.26 Å². The van der Waals surface area contributed by atoms with Crippen molar-refractivity contribution in [2.45, 2.75) is 62.0 Å². The van der Waals surface area contributed by atoms with Crippen molar-refractivity contribution in [1.82, 2.24) is 24.4 Å². The summed E-state index contributed by atoms with van der Waals surface area (Å²) in [6.45, 7) is 4.27. The number of ketones is 1. The summed E-state index contributed by atoms with van der Waals surface area (Å²) in [5.74, 6) is 0.852. The highest BCUT2D eigenvalue weighted by Crippen LogP contribution is 2.34. The molecule has 0 unspecified atom stereocenters. The lowest BCUT2D eigenvalue weighted by molar-refractivity contribution is -0.132. The summed E-state index contributed by atoms with van der Waals surface area (Å²) in [4.78, 5) is 38.9. The van der Waals surface area contributed by atoms with Crippen LogP contribution in [-0.2, 0) is 17.8 Å². The van der Waals surface area contributed by atoms with E-state index >= 15 is 0 Å². The van der Waals surface area contributed by atoms with E-state index in [1.807, 2.05) is 22.5 Å². The number of aromatic amines is 1. The van der Waals surface area contributed by atoms with Crippen molar-refractivity contribution in [3.8, 4) is 6.07 Å². The SMILES string of the molecule is CCC(=O)N1CCC(CCn2cnc(=N)c3[nH]c(Sc4cc5c(cc4C#N)C(=O)CC5)nc32)CC1. The minimum atomic E-state index is 0.0883. The Morgan fingerprint density at radius 2 is 2.11 bits per heavy atom. The summed E-state index contributed by atoms with van der Waals surface area (Å²) < 4.78 is 1.98. The number of carbonyl (C=O) groups excluding carboxylic acids is 2. The topological polar surface area (TPSA) is 132 Å². The Morgan fingerprint density at radius 1 is 1.31 bits per heavy atom. The van der Waals surface area contributed by atoms with Crippen LogP contribution in [0.25, 0.3) is 11.2 Å². The molecular weight excluding hydrogens is 462 g/mol. The van der Waals surface area contributed by atoms with Crippen LogP contribution in [0.1, 0.15) is 60.5 Å². The number of aryl methyl sites for hydroxylation is 2. The van der Waals surface area contributed by atoms with Crippen LogP contribution >= 0.6 is 11.8 Å². The van der Waals surface area contributed by atoms with Crippen molar-refractivity contribution in [2.75, 3.05) is 13.1 Å². The molecule has 0 bridgehead atoms. The molecule has 2 N–H and O–H groups in total. The van der Waals surface area contributed by atoms with E-state index < -0.39 is 0 Å². The van der Waals surface area contributed by atoms with E-state index in [2.05, 4.69) is 16.0 Å². The van der Waals surface area contributed by atoms with Gasteiger partial charge < -0.3 is 14.5 Å². The molecule has 1 saturated heterocycles. The number of nitrogens with one attached hydrogen (secondary N) is 2. The predicted molar refractivity (Wildman–Crippen MR) is 130 cm³/mol. The molecule has 3 aromatic rings. The van der Waals surface area contributed by atoms with E-state index in [1.165, 1.54) is 11.8 Å². The number of Topliss-reactive ketones (excluding diaryl/α,β-unsaturated/α-hetero) is 1. The molecule has 0 radical (unpaired) electrons. The van der Waals surface area contributed by atoms with Crippen molar-refractivity contribution in [2.24, 2.45) is 5.92 Å². The van der Waals surface area contributed by atoms with Gasteiger partial charge in [0, 0.05) is 42.9 Å². The number of nitrogens with zero attached hydrogens (tertiary/aromatic N) is 5. The van der Waals surface area contributed by atoms with Crippen LogP contribution in [0, 0.1) is 22.7 Å². The van der Waals surface area contributed by atoms with Crippen molar-refractivity contribution >= 4 is 34.6 Å². The van der Waals surface area contributed by atoms with E-state index in [9.17, 15) is 14.9 Å². The van der Waals surface area contributed by atoms with Gasteiger partial charge in [0.25, 0.3) is 0 Å². The van der Waals surface area contributed by atoms with Gasteiger partial charge in [-0.15, -0.1) is 0 Å². The normalized spacial score (nSPS) is 16.0. The van der Waals surface area contributed by atoms with E-state index in [4.69, 9.17) is 10.4 Å². The lowest BCUT2D eigenvalue weighted by Crippen LogP contribution is -2.38. The molecule has 9 nitrogen and oxygen atoms in total. The largest absolute Gasteiger partial charge is 0.343 e. The highest BCUT2D eigenvalue weighted by Gasteiger charge is 2.24. The highest BCUT2D eigenvalue weighted by molar-refractivity contribution is 7.99. The number of imidazole rings is 1. The van der Waals surface area contributed by atoms with Gasteiger partial charge >= 0.3 is 0 Å². The molecule has 1 aliphatic carbocycles. The first-order valence-corrected chi connectivity index (χ1v) is 12.8. The van der Waals surface area contributed by atoms with Crippen LogP contribution in [0.5, 0.6) is 0 Å². The predicted octanol–water partition coefficient (Wildman–Crippen LogP) is 3.43. The zero-order valence-electron chi connectivity index (χ0n) is 19.6. The van der Waals surface area contributed by atoms with Crippen molar-refractivity contribution in [3.05, 3.63) is 40.6 Å². The third kappa shape index (κ3) is 4.60. The summed E-state index contributed by atoms with van der Waals surface area (Å²) in [5.41, 5.74) is 3.43. The third-order valence-corrected chi connectivity index (χ3v) is 7.94. The number of amides is 1. The number of aromatic nitrogens is 4. The van der Waals surface area contributed by atoms with Gasteiger partial charge in [-0.1, -0.05) is 18.7 Å². The molecule has 0 atom stereocenters. The summed E-state index contributed by atoms with van der Waals surface area (Å²) in [7, 11) is 0. The second-order valence-corrected chi connectivity index (χ2v) is 10.2. The first-order chi connectivity index (χ1) is 17.0. The molecule has 2 aliphatic rings. The third-order valence-electron chi connectivity index (χ3n) is 7.00. The van der Waals surface area contributed by atoms with Crippen molar-refractivity contribution in [1.29, 1.82) is 10.7 Å². The van der Waals surface area contributed by atoms with Gasteiger partial charge in [-0.25, -0.2) is 9.97 Å². The maximum absolute atomic E-state index is 12.0. The monoisotopic (exact) mass is 489 g/mol. The van der Waals surface area contributed by atoms with Crippen LogP contribution in [0.3, 0.4) is 0 Å². The molecule has 1 aromatic carbocycles. The van der Waals surface area contributed by atoms with Gasteiger partial charge in [0.15, 0.2) is 22.1 Å². The van der Waals surface area contributed by atoms with Crippen molar-refractivity contribution < 1.29 is 9.59 Å². The number of hydrogen-bond donors (Lipinski definition) is 2. The Labute approximate surface area is 207 Å². The van der Waals surface area contributed by atoms with Gasteiger partial charge in [0.2, 0.25) is 5.91 Å². The zero-order valence-corrected chi connectivity index (χ0v) is 20.5. The van der Waals surface area contributed by atoms with Crippen LogP contribution in [0.2, 0.25) is 0 Å². The Bertz CT molecular complexity index is 1410. The summed E-state index contributed by atoms with van der Waals surface area (Å²) in [6, 6.07) is 5.80. The smallest absolute Gasteiger partial charge is 0.222 e. The lowest BCUT2D eigenvalue weighted by atomic mass is 9.93. The van der Waals surface area contributed by atoms with E-state index in [1.54, 1.807) is 12.4 Å². The first kappa shape index (κ1) is 23.3. The molecule has 0 saturated carbocycles. The molecule has 35 heavy (non-hydrogen) atoms. The molecule has 3 heterocycles. The van der Waals surface area contributed by atoms with E-state index in [0.29, 0.717) is 52.6 Å². The number of nitriles is 1. The fourth-order valence-electron chi connectivity index (χ4n) is 4.94. The first-order valence-electron chi connectivity index (χ1n) is 12.0. The zero-order chi connectivity index (χ0) is 24.5. The summed E-state index contributed by atoms with van der Waals surface area (Å²) in [6.07, 6.45) is 6.36. The Morgan fingerprint density at radius 3 is 2.86 bits per heavy atom. The highest BCUT2D eigenvalue weighted by atomic mass is 32.2. The van der Waals surface area contributed by atoms with Gasteiger partial charge in [0.1, 0.15) is 11.6 Å². The van der Waals surface area contributed by atoms with Crippen LogP contribution in [-0.4, -0.2) is 49.2 Å². The van der Waals surface area contributed by atoms with Crippen LogP contribution in [0.15, 0.2) is 28.5 Å². The number of rotatable bonds is 6. The number of carbonyl (C=O) groups is 2. The number of benzene rings is 1. The van der Waals surface area contributed by atoms with Crippen LogP contribution < -0.4 is 5.49 Å². The second kappa shape index (κ2) is 9.66. The summed E-state index contributed by atoms with van der Waals surface area (Å²) in [5, 5.41) is 18.4. The molecule has 1 fully saturated rings. The van der Waals surface area contributed by atoms with Gasteiger partial charge in [0.05, 0.1) is 11.9 Å².